The number of amides is 1. The molecule has 96 valence electrons. The summed E-state index contributed by atoms with van der Waals surface area (Å²) in [4.78, 5) is 11.8. The van der Waals surface area contributed by atoms with Crippen LogP contribution in [0.4, 0.5) is 0 Å². The Bertz CT molecular complexity index is 564. The molecule has 3 heteroatoms. The lowest BCUT2D eigenvalue weighted by Crippen LogP contribution is -2.22. The smallest absolute Gasteiger partial charge is 0.263 e. The van der Waals surface area contributed by atoms with E-state index in [9.17, 15) is 4.79 Å². The van der Waals surface area contributed by atoms with Crippen LogP contribution in [0.15, 0.2) is 65.7 Å². The molecule has 0 atom stereocenters. The van der Waals surface area contributed by atoms with Gasteiger partial charge < -0.3 is 5.32 Å². The van der Waals surface area contributed by atoms with Crippen LogP contribution in [0, 0.1) is 0 Å². The monoisotopic (exact) mass is 271 g/mol. The van der Waals surface area contributed by atoms with E-state index in [0.717, 1.165) is 11.1 Å². The largest absolute Gasteiger partial charge is 0.347 e. The van der Waals surface area contributed by atoms with Crippen molar-refractivity contribution in [3.05, 3.63) is 76.8 Å². The van der Waals surface area contributed by atoms with Crippen molar-refractivity contribution in [3.63, 3.8) is 0 Å². The van der Waals surface area contributed by atoms with E-state index in [2.05, 4.69) is 5.32 Å². The van der Waals surface area contributed by atoms with Crippen molar-refractivity contribution in [3.8, 4) is 0 Å². The molecule has 19 heavy (non-hydrogen) atoms. The van der Waals surface area contributed by atoms with Gasteiger partial charge in [0.2, 0.25) is 0 Å². The summed E-state index contributed by atoms with van der Waals surface area (Å²) in [6, 6.07) is 19.2. The molecule has 1 N–H and O–H groups in total. The summed E-state index contributed by atoms with van der Waals surface area (Å²) in [5.41, 5.74) is 1.95. The maximum Gasteiger partial charge on any atom is 0.263 e. The summed E-state index contributed by atoms with van der Waals surface area (Å²) in [5.74, 6) is -0.269. The number of carbonyl (C=O) groups is 1. The van der Waals surface area contributed by atoms with E-state index in [0.29, 0.717) is 6.54 Å². The van der Waals surface area contributed by atoms with Crippen molar-refractivity contribution in [2.45, 2.75) is 6.54 Å². The molecule has 0 unspecified atom stereocenters. The van der Waals surface area contributed by atoms with Gasteiger partial charge >= 0.3 is 0 Å². The first-order valence-corrected chi connectivity index (χ1v) is 6.38. The molecular formula is C16H14ClNO. The average Bonchev–Trinajstić information content (AvgIpc) is 2.47. The first kappa shape index (κ1) is 13.4. The van der Waals surface area contributed by atoms with E-state index in [4.69, 9.17) is 11.6 Å². The second-order valence-electron chi connectivity index (χ2n) is 4.07. The number of nitrogens with one attached hydrogen (secondary N) is 1. The number of rotatable bonds is 4. The molecule has 0 radical (unpaired) electrons. The highest BCUT2D eigenvalue weighted by Crippen LogP contribution is 2.10. The van der Waals surface area contributed by atoms with Crippen molar-refractivity contribution in [1.82, 2.24) is 5.32 Å². The predicted molar refractivity (Wildman–Crippen MR) is 78.6 cm³/mol. The van der Waals surface area contributed by atoms with Gasteiger partial charge in [0.15, 0.2) is 0 Å². The Labute approximate surface area is 117 Å². The molecular weight excluding hydrogens is 258 g/mol. The number of benzene rings is 2. The Morgan fingerprint density at radius 2 is 1.58 bits per heavy atom. The van der Waals surface area contributed by atoms with Crippen LogP contribution in [0.25, 0.3) is 6.08 Å². The highest BCUT2D eigenvalue weighted by molar-refractivity contribution is 6.44. The Hall–Kier alpha value is -2.06. The number of halogens is 1. The third-order valence-corrected chi connectivity index (χ3v) is 2.89. The minimum Gasteiger partial charge on any atom is -0.347 e. The normalized spacial score (nSPS) is 11.1. The maximum absolute atomic E-state index is 11.8. The molecule has 0 aliphatic carbocycles. The second-order valence-corrected chi connectivity index (χ2v) is 4.48. The zero-order chi connectivity index (χ0) is 13.5. The van der Waals surface area contributed by atoms with E-state index in [1.807, 2.05) is 60.7 Å². The van der Waals surface area contributed by atoms with Crippen LogP contribution in [0.1, 0.15) is 11.1 Å². The van der Waals surface area contributed by atoms with Gasteiger partial charge in [0.25, 0.3) is 5.91 Å². The van der Waals surface area contributed by atoms with Crippen LogP contribution in [0.5, 0.6) is 0 Å². The third kappa shape index (κ3) is 4.27. The summed E-state index contributed by atoms with van der Waals surface area (Å²) in [5, 5.41) is 2.96. The maximum atomic E-state index is 11.8. The van der Waals surface area contributed by atoms with Gasteiger partial charge in [-0.3, -0.25) is 4.79 Å². The average molecular weight is 272 g/mol. The molecule has 2 aromatic rings. The van der Waals surface area contributed by atoms with Crippen LogP contribution >= 0.6 is 11.6 Å². The first-order valence-electron chi connectivity index (χ1n) is 6.00. The van der Waals surface area contributed by atoms with E-state index in [1.165, 1.54) is 0 Å². The summed E-state index contributed by atoms with van der Waals surface area (Å²) in [7, 11) is 0. The molecule has 0 bridgehead atoms. The van der Waals surface area contributed by atoms with Crippen LogP contribution in [0.3, 0.4) is 0 Å². The fraction of sp³-hybridized carbons (Fsp3) is 0.0625. The van der Waals surface area contributed by atoms with Gasteiger partial charge in [-0.1, -0.05) is 72.3 Å². The molecule has 0 spiro atoms. The van der Waals surface area contributed by atoms with Gasteiger partial charge in [0.05, 0.1) is 0 Å². The van der Waals surface area contributed by atoms with E-state index in [-0.39, 0.29) is 10.9 Å². The molecule has 2 aromatic carbocycles. The molecule has 0 fully saturated rings. The SMILES string of the molecule is O=C(NCc1ccccc1)C(Cl)=Cc1ccccc1. The molecule has 2 nitrogen and oxygen atoms in total. The summed E-state index contributed by atoms with van der Waals surface area (Å²) < 4.78 is 0. The lowest BCUT2D eigenvalue weighted by Gasteiger charge is -2.04. The highest BCUT2D eigenvalue weighted by atomic mass is 35.5. The zero-order valence-corrected chi connectivity index (χ0v) is 11.1. The quantitative estimate of drug-likeness (QED) is 0.846. The Morgan fingerprint density at radius 3 is 2.21 bits per heavy atom. The molecule has 1 amide bonds. The summed E-state index contributed by atoms with van der Waals surface area (Å²) in [6.45, 7) is 0.471. The summed E-state index contributed by atoms with van der Waals surface area (Å²) in [6.07, 6.45) is 1.65. The van der Waals surface area contributed by atoms with E-state index < -0.39 is 0 Å². The first-order chi connectivity index (χ1) is 9.25. The van der Waals surface area contributed by atoms with Crippen molar-refractivity contribution in [2.75, 3.05) is 0 Å². The molecule has 2 rings (SSSR count). The molecule has 0 saturated carbocycles. The number of carbonyl (C=O) groups excluding carboxylic acids is 1. The predicted octanol–water partition coefficient (Wildman–Crippen LogP) is 3.58. The molecule has 0 heterocycles. The number of hydrogen-bond acceptors (Lipinski definition) is 1. The van der Waals surface area contributed by atoms with Crippen molar-refractivity contribution < 1.29 is 4.79 Å². The van der Waals surface area contributed by atoms with Gasteiger partial charge in [-0.15, -0.1) is 0 Å². The second kappa shape index (κ2) is 6.76. The fourth-order valence-corrected chi connectivity index (χ4v) is 1.82. The number of hydrogen-bond donors (Lipinski definition) is 1. The Balaban J connectivity index is 1.95. The highest BCUT2D eigenvalue weighted by Gasteiger charge is 2.05. The zero-order valence-electron chi connectivity index (χ0n) is 10.3. The van der Waals surface area contributed by atoms with Crippen molar-refractivity contribution in [2.24, 2.45) is 0 Å². The van der Waals surface area contributed by atoms with Crippen molar-refractivity contribution >= 4 is 23.6 Å². The van der Waals surface area contributed by atoms with Crippen LogP contribution in [0.2, 0.25) is 0 Å². The molecule has 0 aliphatic heterocycles. The van der Waals surface area contributed by atoms with Crippen LogP contribution in [-0.4, -0.2) is 5.91 Å². The van der Waals surface area contributed by atoms with Gasteiger partial charge in [-0.05, 0) is 17.2 Å². The minimum atomic E-state index is -0.269. The van der Waals surface area contributed by atoms with Gasteiger partial charge in [-0.25, -0.2) is 0 Å². The standard InChI is InChI=1S/C16H14ClNO/c17-15(11-13-7-3-1-4-8-13)16(19)18-12-14-9-5-2-6-10-14/h1-11H,12H2,(H,18,19). The fourth-order valence-electron chi connectivity index (χ4n) is 1.62. The van der Waals surface area contributed by atoms with Gasteiger partial charge in [-0.2, -0.15) is 0 Å². The van der Waals surface area contributed by atoms with E-state index >= 15 is 0 Å². The third-order valence-electron chi connectivity index (χ3n) is 2.61. The Morgan fingerprint density at radius 1 is 1.00 bits per heavy atom. The van der Waals surface area contributed by atoms with Gasteiger partial charge in [0, 0.05) is 6.54 Å². The van der Waals surface area contributed by atoms with E-state index in [1.54, 1.807) is 6.08 Å². The van der Waals surface area contributed by atoms with Crippen molar-refractivity contribution in [1.29, 1.82) is 0 Å². The lowest BCUT2D eigenvalue weighted by molar-refractivity contribution is -0.116. The minimum absolute atomic E-state index is 0.183. The van der Waals surface area contributed by atoms with Gasteiger partial charge in [0.1, 0.15) is 5.03 Å². The van der Waals surface area contributed by atoms with Crippen LogP contribution < -0.4 is 5.32 Å². The summed E-state index contributed by atoms with van der Waals surface area (Å²) >= 11 is 5.98. The Kier molecular flexibility index (Phi) is 4.76. The lowest BCUT2D eigenvalue weighted by atomic mass is 10.2. The molecule has 0 saturated heterocycles. The molecule has 0 aliphatic rings. The topological polar surface area (TPSA) is 29.1 Å². The van der Waals surface area contributed by atoms with Crippen LogP contribution in [-0.2, 0) is 11.3 Å². The molecule has 0 aromatic heterocycles.